The lowest BCUT2D eigenvalue weighted by Gasteiger charge is -1.94. The van der Waals surface area contributed by atoms with E-state index in [1.807, 2.05) is 13.0 Å². The first-order valence-electron chi connectivity index (χ1n) is 3.73. The van der Waals surface area contributed by atoms with E-state index in [-0.39, 0.29) is 5.97 Å². The highest BCUT2D eigenvalue weighted by Gasteiger charge is 2.11. The molecule has 0 aromatic carbocycles. The highest BCUT2D eigenvalue weighted by molar-refractivity contribution is 9.11. The number of aryl methyl sites for hydroxylation is 1. The second kappa shape index (κ2) is 4.28. The van der Waals surface area contributed by atoms with Crippen LogP contribution in [0.15, 0.2) is 11.1 Å². The molecule has 1 aromatic rings. The van der Waals surface area contributed by atoms with Gasteiger partial charge in [-0.25, -0.2) is 4.79 Å². The Labute approximate surface area is 84.9 Å². The zero-order chi connectivity index (χ0) is 9.84. The fourth-order valence-corrected chi connectivity index (χ4v) is 1.35. The van der Waals surface area contributed by atoms with Crippen LogP contribution in [-0.2, 0) is 4.74 Å². The van der Waals surface area contributed by atoms with Crippen LogP contribution in [0.1, 0.15) is 21.7 Å². The van der Waals surface area contributed by atoms with E-state index in [0.29, 0.717) is 5.56 Å². The molecule has 1 aromatic heterocycles. The molecule has 0 aliphatic rings. The van der Waals surface area contributed by atoms with Gasteiger partial charge in [-0.3, -0.25) is 0 Å². The lowest BCUT2D eigenvalue weighted by Crippen LogP contribution is -2.00. The zero-order valence-corrected chi connectivity index (χ0v) is 9.01. The third kappa shape index (κ3) is 2.21. The summed E-state index contributed by atoms with van der Waals surface area (Å²) in [5.74, 6) is -0.317. The number of carbonyl (C=O) groups excluding carboxylic acids is 1. The largest absolute Gasteiger partial charge is 0.465 e. The number of halogens is 1. The van der Waals surface area contributed by atoms with E-state index in [1.54, 1.807) is 11.1 Å². The minimum Gasteiger partial charge on any atom is -0.465 e. The Morgan fingerprint density at radius 2 is 2.38 bits per heavy atom. The molecule has 1 heterocycles. The van der Waals surface area contributed by atoms with Crippen LogP contribution in [0.3, 0.4) is 0 Å². The van der Waals surface area contributed by atoms with Gasteiger partial charge >= 0.3 is 5.97 Å². The van der Waals surface area contributed by atoms with Gasteiger partial charge in [0.15, 0.2) is 0 Å². The number of methoxy groups -OCH3 is 1. The predicted octanol–water partition coefficient (Wildman–Crippen LogP) is 2.48. The molecule has 0 atom stereocenters. The molecule has 4 heteroatoms. The topological polar surface area (TPSA) is 42.1 Å². The Balaban J connectivity index is 3.02. The van der Waals surface area contributed by atoms with Crippen LogP contribution in [0.2, 0.25) is 0 Å². The van der Waals surface area contributed by atoms with Crippen LogP contribution in [0.25, 0.3) is 6.08 Å². The molecule has 3 nitrogen and oxygen atoms in total. The van der Waals surface area contributed by atoms with E-state index in [0.717, 1.165) is 11.4 Å². The highest BCUT2D eigenvalue weighted by Crippen LogP contribution is 2.12. The van der Waals surface area contributed by atoms with E-state index in [2.05, 4.69) is 25.7 Å². The van der Waals surface area contributed by atoms with Crippen molar-refractivity contribution in [2.24, 2.45) is 0 Å². The highest BCUT2D eigenvalue weighted by atomic mass is 79.9. The van der Waals surface area contributed by atoms with Crippen molar-refractivity contribution >= 4 is 28.0 Å². The number of esters is 1. The Kier molecular flexibility index (Phi) is 3.31. The molecule has 0 saturated heterocycles. The van der Waals surface area contributed by atoms with Gasteiger partial charge in [0, 0.05) is 11.4 Å². The number of rotatable bonds is 2. The summed E-state index contributed by atoms with van der Waals surface area (Å²) in [5, 5.41) is 0. The standard InChI is InChI=1S/C9H10BrNO2/c1-6-8(9(12)13-2)5-7(11-6)3-4-10/h3-5,11H,1-2H3/b4-3+. The van der Waals surface area contributed by atoms with Crippen molar-refractivity contribution in [3.8, 4) is 0 Å². The van der Waals surface area contributed by atoms with E-state index in [1.165, 1.54) is 7.11 Å². The Hall–Kier alpha value is -1.03. The second-order valence-corrected chi connectivity index (χ2v) is 3.08. The van der Waals surface area contributed by atoms with Crippen molar-refractivity contribution in [2.75, 3.05) is 7.11 Å². The first-order chi connectivity index (χ1) is 6.19. The molecule has 0 aliphatic carbocycles. The first-order valence-corrected chi connectivity index (χ1v) is 4.65. The lowest BCUT2D eigenvalue weighted by molar-refractivity contribution is 0.0600. The predicted molar refractivity (Wildman–Crippen MR) is 54.8 cm³/mol. The van der Waals surface area contributed by atoms with Gasteiger partial charge in [0.25, 0.3) is 0 Å². The van der Waals surface area contributed by atoms with Crippen molar-refractivity contribution in [3.63, 3.8) is 0 Å². The maximum Gasteiger partial charge on any atom is 0.339 e. The summed E-state index contributed by atoms with van der Waals surface area (Å²) in [7, 11) is 1.37. The van der Waals surface area contributed by atoms with Gasteiger partial charge in [-0.05, 0) is 24.1 Å². The molecule has 0 fully saturated rings. The van der Waals surface area contributed by atoms with Gasteiger partial charge in [0.1, 0.15) is 0 Å². The molecule has 0 unspecified atom stereocenters. The summed E-state index contributed by atoms with van der Waals surface area (Å²) >= 11 is 3.16. The molecule has 0 aliphatic heterocycles. The smallest absolute Gasteiger partial charge is 0.339 e. The van der Waals surface area contributed by atoms with E-state index < -0.39 is 0 Å². The number of aromatic nitrogens is 1. The van der Waals surface area contributed by atoms with Gasteiger partial charge in [-0.2, -0.15) is 0 Å². The number of aromatic amines is 1. The maximum absolute atomic E-state index is 11.2. The van der Waals surface area contributed by atoms with E-state index >= 15 is 0 Å². The SMILES string of the molecule is COC(=O)c1cc(/C=C/Br)[nH]c1C. The average molecular weight is 244 g/mol. The first kappa shape index (κ1) is 10.1. The molecule has 0 bridgehead atoms. The normalized spacial score (nSPS) is 10.7. The summed E-state index contributed by atoms with van der Waals surface area (Å²) in [6.45, 7) is 1.83. The third-order valence-corrected chi connectivity index (χ3v) is 1.95. The summed E-state index contributed by atoms with van der Waals surface area (Å²) in [6.07, 6.45) is 1.82. The Morgan fingerprint density at radius 3 is 2.92 bits per heavy atom. The summed E-state index contributed by atoms with van der Waals surface area (Å²) in [6, 6.07) is 1.75. The fourth-order valence-electron chi connectivity index (χ4n) is 1.06. The van der Waals surface area contributed by atoms with Crippen LogP contribution in [0, 0.1) is 6.92 Å². The van der Waals surface area contributed by atoms with Crippen LogP contribution in [-0.4, -0.2) is 18.1 Å². The molecule has 0 amide bonds. The molecule has 13 heavy (non-hydrogen) atoms. The minimum atomic E-state index is -0.317. The monoisotopic (exact) mass is 243 g/mol. The van der Waals surface area contributed by atoms with E-state index in [4.69, 9.17) is 0 Å². The minimum absolute atomic E-state index is 0.317. The molecule has 1 N–H and O–H groups in total. The van der Waals surface area contributed by atoms with Crippen LogP contribution < -0.4 is 0 Å². The van der Waals surface area contributed by atoms with Crippen LogP contribution >= 0.6 is 15.9 Å². The number of nitrogens with one attached hydrogen (secondary N) is 1. The second-order valence-electron chi connectivity index (χ2n) is 2.55. The van der Waals surface area contributed by atoms with Crippen molar-refractivity contribution in [2.45, 2.75) is 6.92 Å². The summed E-state index contributed by atoms with van der Waals surface area (Å²) in [5.41, 5.74) is 2.25. The van der Waals surface area contributed by atoms with Crippen molar-refractivity contribution in [1.82, 2.24) is 4.98 Å². The summed E-state index contributed by atoms with van der Waals surface area (Å²) in [4.78, 5) is 15.9. The molecule has 0 radical (unpaired) electrons. The van der Waals surface area contributed by atoms with Gasteiger partial charge in [0.05, 0.1) is 12.7 Å². The molecule has 1 rings (SSSR count). The van der Waals surface area contributed by atoms with Crippen molar-refractivity contribution < 1.29 is 9.53 Å². The molecule has 0 spiro atoms. The number of hydrogen-bond acceptors (Lipinski definition) is 2. The quantitative estimate of drug-likeness (QED) is 0.812. The van der Waals surface area contributed by atoms with Crippen LogP contribution in [0.4, 0.5) is 0 Å². The van der Waals surface area contributed by atoms with Crippen molar-refractivity contribution in [3.05, 3.63) is 28.0 Å². The van der Waals surface area contributed by atoms with E-state index in [9.17, 15) is 4.79 Å². The third-order valence-electron chi connectivity index (χ3n) is 1.68. The molecular formula is C9H10BrNO2. The molecule has 70 valence electrons. The number of ether oxygens (including phenoxy) is 1. The fraction of sp³-hybridized carbons (Fsp3) is 0.222. The Morgan fingerprint density at radius 1 is 1.69 bits per heavy atom. The van der Waals surface area contributed by atoms with Gasteiger partial charge < -0.3 is 9.72 Å². The average Bonchev–Trinajstić information content (AvgIpc) is 2.46. The van der Waals surface area contributed by atoms with Gasteiger partial charge in [-0.15, -0.1) is 0 Å². The summed E-state index contributed by atoms with van der Waals surface area (Å²) < 4.78 is 4.61. The number of carbonyl (C=O) groups is 1. The molecule has 0 saturated carbocycles. The van der Waals surface area contributed by atoms with Crippen LogP contribution in [0.5, 0.6) is 0 Å². The number of H-pyrrole nitrogens is 1. The zero-order valence-electron chi connectivity index (χ0n) is 7.43. The number of hydrogen-bond donors (Lipinski definition) is 1. The Bertz CT molecular complexity index is 341. The van der Waals surface area contributed by atoms with Crippen molar-refractivity contribution in [1.29, 1.82) is 0 Å². The van der Waals surface area contributed by atoms with Gasteiger partial charge in [-0.1, -0.05) is 15.9 Å². The lowest BCUT2D eigenvalue weighted by atomic mass is 10.2. The van der Waals surface area contributed by atoms with Gasteiger partial charge in [0.2, 0.25) is 0 Å². The molecular weight excluding hydrogens is 234 g/mol. The maximum atomic E-state index is 11.2.